The van der Waals surface area contributed by atoms with Crippen LogP contribution in [-0.4, -0.2) is 197 Å². The highest BCUT2D eigenvalue weighted by molar-refractivity contribution is 7.74. The Kier molecular flexibility index (Phi) is 47.1. The summed E-state index contributed by atoms with van der Waals surface area (Å²) in [5.74, 6) is -0.137. The second-order valence-electron chi connectivity index (χ2n) is 29.4. The summed E-state index contributed by atoms with van der Waals surface area (Å²) in [5.41, 5.74) is 3.49. The number of non-ortho nitro benzene ring substituents is 1. The second-order valence-corrected chi connectivity index (χ2v) is 52.4. The van der Waals surface area contributed by atoms with Crippen LogP contribution < -0.4 is 30.0 Å². The van der Waals surface area contributed by atoms with Crippen LogP contribution in [0.15, 0.2) is 225 Å². The van der Waals surface area contributed by atoms with E-state index in [0.29, 0.717) is 52.4 Å². The van der Waals surface area contributed by atoms with Gasteiger partial charge in [-0.15, -0.1) is 0 Å². The molecular formula is C81H111ClN5O31P10S+. The predicted octanol–water partition coefficient (Wildman–Crippen LogP) is 16.4. The van der Waals surface area contributed by atoms with Gasteiger partial charge in [0.1, 0.15) is 34.5 Å². The summed E-state index contributed by atoms with van der Waals surface area (Å²) < 4.78 is 125. The van der Waals surface area contributed by atoms with Gasteiger partial charge in [-0.3, -0.25) is 70.4 Å². The summed E-state index contributed by atoms with van der Waals surface area (Å²) in [4.78, 5) is 155. The number of nitrogens with one attached hydrogen (secondary N) is 1. The van der Waals surface area contributed by atoms with E-state index in [1.165, 1.54) is 118 Å². The minimum absolute atomic E-state index is 0.00840. The van der Waals surface area contributed by atoms with E-state index in [-0.39, 0.29) is 39.2 Å². The molecule has 48 heteroatoms. The molecule has 0 aliphatic carbocycles. The van der Waals surface area contributed by atoms with Crippen molar-refractivity contribution in [1.82, 2.24) is 9.80 Å². The molecule has 2 heterocycles. The fourth-order valence-corrected chi connectivity index (χ4v) is 21.5. The van der Waals surface area contributed by atoms with Gasteiger partial charge in [-0.2, -0.15) is 0 Å². The summed E-state index contributed by atoms with van der Waals surface area (Å²) in [7, 11) is -37.9. The van der Waals surface area contributed by atoms with Gasteiger partial charge in [-0.25, -0.2) is 14.7 Å². The summed E-state index contributed by atoms with van der Waals surface area (Å²) >= 11 is 7.22. The van der Waals surface area contributed by atoms with Crippen molar-refractivity contribution >= 4 is 164 Å². The lowest BCUT2D eigenvalue weighted by molar-refractivity contribution is -0.686. The van der Waals surface area contributed by atoms with Crippen molar-refractivity contribution in [1.29, 1.82) is 0 Å². The fraction of sp³-hybridized carbons (Fsp3) is 0.296. The van der Waals surface area contributed by atoms with E-state index in [1.54, 1.807) is 83.6 Å². The minimum atomic E-state index is -5.29. The van der Waals surface area contributed by atoms with Crippen molar-refractivity contribution in [3.8, 4) is 11.5 Å². The number of esters is 1. The summed E-state index contributed by atoms with van der Waals surface area (Å²) in [6.07, 6.45) is 5.68. The van der Waals surface area contributed by atoms with Crippen LogP contribution in [0.3, 0.4) is 0 Å². The number of carboxylic acid groups (broad SMARTS) is 1. The number of thiazole rings is 1. The quantitative estimate of drug-likeness (QED) is 0.00517. The molecule has 708 valence electrons. The van der Waals surface area contributed by atoms with Gasteiger partial charge in [0.2, 0.25) is 56.7 Å². The van der Waals surface area contributed by atoms with Gasteiger partial charge in [0.05, 0.1) is 53.1 Å². The van der Waals surface area contributed by atoms with Crippen LogP contribution >= 0.6 is 97.3 Å². The molecule has 129 heavy (non-hydrogen) atoms. The Hall–Kier alpha value is -7.24. The number of hydrogen-bond acceptors (Lipinski definition) is 21. The molecule has 1 aliphatic rings. The molecule has 0 bridgehead atoms. The Balaban J connectivity index is 0.000000387. The average Bonchev–Trinajstić information content (AvgIpc) is 1.45. The number of aryl methyl sites for hydroxylation is 1. The van der Waals surface area contributed by atoms with Crippen LogP contribution in [0, 0.1) is 17.0 Å². The number of ether oxygens (including phenoxy) is 2. The molecule has 0 spiro atoms. The number of aromatic nitrogens is 1. The van der Waals surface area contributed by atoms with Crippen molar-refractivity contribution in [2.45, 2.75) is 64.0 Å². The van der Waals surface area contributed by atoms with Gasteiger partial charge in [0.25, 0.3) is 5.69 Å². The third-order valence-electron chi connectivity index (χ3n) is 17.3. The van der Waals surface area contributed by atoms with E-state index >= 15 is 0 Å². The molecule has 16 N–H and O–H groups in total. The number of hydrogen-bond donors (Lipinski definition) is 16. The maximum absolute atomic E-state index is 12.2. The lowest BCUT2D eigenvalue weighted by atomic mass is 10.0. The van der Waals surface area contributed by atoms with E-state index in [2.05, 4.69) is 23.4 Å². The molecule has 10 rings (SSSR count). The molecular weight excluding hydrogens is 1920 g/mol. The van der Waals surface area contributed by atoms with E-state index in [9.17, 15) is 105 Å². The number of benzene rings is 8. The normalized spacial score (nSPS) is 15.9. The first-order valence-corrected chi connectivity index (χ1v) is 59.9. The van der Waals surface area contributed by atoms with Crippen LogP contribution in [0.25, 0.3) is 27.5 Å². The standard InChI is InChI=1S/C14H12ClO4P.C14H19N3O8P2S.C13H13O2P.C9H13O4P.2C9H11O2P.C8H18NO2P.C5H13NO7P2/c1-20(17,18)12-9-5-8-11(15)13(12)14(16)19-10-6-3-2-4-7-10;1-10-9-28-13(15-11-3-5-12(6-4-11)17(19)20)16(10)8-7-14(18,26(2,21)22)27(23,24)25;1-10(16(2,14)15)12-9-5-7-11-6-3-4-8-13(11)12;1-2-7-13-8-5-3-4-6-9(8)14(10,11)12;1-8(12(2,10)11)9-6-4-3-5-7-9;1-12(10,11)8-7-9-5-3-2-4-6-9;1-12(10,11)8-9-6-4-2-3-5-7-9;1-14(9,10)3-6(2-5(7)8)4-15(11,12)13/h2-9H,1H3,(H,17,18);3-6,9,18H,7-8H2,1-2H3,(H3,21,22,23,24,25);3-9H,1H2,2H3,(H,14,15);3-6H,2,7H2,1H3,(H2,10,11,12);3-7H,1H2,2H3,(H,10,11);2-8H,1H3,(H,10,11);2-8H2,1H3,(H,10,11);2-4H2,1H3,(H,7,8)(H,9,10)(H2,11,12,13)/p+1/b;;;;;8-7+;;. The van der Waals surface area contributed by atoms with Crippen LogP contribution in [0.1, 0.15) is 78.2 Å². The maximum Gasteiger partial charge on any atom is 0.367 e. The Bertz CT molecular complexity index is 5690. The number of carboxylic acids is 1. The Morgan fingerprint density at radius 2 is 1.13 bits per heavy atom. The third-order valence-corrected chi connectivity index (χ3v) is 31.3. The van der Waals surface area contributed by atoms with Crippen molar-refractivity contribution < 1.29 is 148 Å². The number of halogens is 1. The predicted molar refractivity (Wildman–Crippen MR) is 509 cm³/mol. The number of nitro groups is 1. The number of carbonyl (C=O) groups is 2. The zero-order valence-electron chi connectivity index (χ0n) is 71.9. The van der Waals surface area contributed by atoms with E-state index in [4.69, 9.17) is 55.5 Å². The lowest BCUT2D eigenvalue weighted by Gasteiger charge is -2.30. The van der Waals surface area contributed by atoms with Crippen molar-refractivity contribution in [3.05, 3.63) is 268 Å². The van der Waals surface area contributed by atoms with Gasteiger partial charge < -0.3 is 83.3 Å². The molecule has 0 radical (unpaired) electrons. The molecule has 1 aliphatic heterocycles. The van der Waals surface area contributed by atoms with E-state index in [0.717, 1.165) is 65.2 Å². The van der Waals surface area contributed by atoms with Gasteiger partial charge in [0, 0.05) is 87.0 Å². The van der Waals surface area contributed by atoms with Gasteiger partial charge >= 0.3 is 39.9 Å². The second kappa shape index (κ2) is 52.4. The van der Waals surface area contributed by atoms with E-state index < -0.39 is 122 Å². The molecule has 8 unspecified atom stereocenters. The zero-order valence-corrected chi connectivity index (χ0v) is 82.4. The number of nitro benzene ring substituents is 1. The highest BCUT2D eigenvalue weighted by Crippen LogP contribution is 2.69. The monoisotopic (exact) mass is 2030 g/mol. The molecule has 9 aromatic rings. The van der Waals surface area contributed by atoms with Crippen LogP contribution in [-0.2, 0) is 57.0 Å². The van der Waals surface area contributed by atoms with Gasteiger partial charge in [-0.05, 0) is 121 Å². The first-order valence-electron chi connectivity index (χ1n) is 38.5. The third kappa shape index (κ3) is 44.4. The fourth-order valence-electron chi connectivity index (χ4n) is 11.2. The number of aliphatic carboxylic acids is 1. The Labute approximate surface area is 757 Å². The average molecular weight is 2030 g/mol. The molecule has 1 aromatic heterocycles. The van der Waals surface area contributed by atoms with Crippen molar-refractivity contribution in [2.24, 2.45) is 0 Å². The largest absolute Gasteiger partial charge is 0.493 e. The van der Waals surface area contributed by atoms with Crippen LogP contribution in [0.4, 0.5) is 16.5 Å². The highest BCUT2D eigenvalue weighted by Gasteiger charge is 2.57. The number of nitrogens with zero attached hydrogens (tertiary/aromatic N) is 4. The van der Waals surface area contributed by atoms with Crippen molar-refractivity contribution in [3.63, 3.8) is 0 Å². The smallest absolute Gasteiger partial charge is 0.367 e. The molecule has 1 saturated heterocycles. The van der Waals surface area contributed by atoms with Crippen LogP contribution in [0.5, 0.6) is 11.5 Å². The SMILES string of the molecule is C=C(c1cccc2ccccc12)P(C)(=O)O.C=C(c1ccccc1)P(C)(=O)O.CCCOc1ccccc1P(=O)(O)O.CP(=O)(O)/C=C/c1ccccc1.CP(=O)(O)CN(CC(=O)O)CP(=O)(O)O.CP(=O)(O)CN1CCCCCC1.CP(=O)(O)c1cccc(Cl)c1C(=O)Oc1ccccc1.Cc1csc(Nc2ccc([N+](=O)[O-])cc2)[n+]1CCC(O)(P(C)(=O)O)P(=O)(O)O. The summed E-state index contributed by atoms with van der Waals surface area (Å²) in [5, 5.41) is 34.3. The maximum atomic E-state index is 12.2. The molecule has 1 fully saturated rings. The molecule has 8 atom stereocenters. The number of fused-ring (bicyclic) bond motifs is 1. The van der Waals surface area contributed by atoms with Crippen molar-refractivity contribution in [2.75, 3.05) is 97.1 Å². The lowest BCUT2D eigenvalue weighted by Crippen LogP contribution is -2.41. The summed E-state index contributed by atoms with van der Waals surface area (Å²) in [6.45, 7) is 20.8. The minimum Gasteiger partial charge on any atom is -0.493 e. The number of likely N-dealkylation sites (tertiary alicyclic amines) is 1. The number of aliphatic hydroxyl groups is 1. The number of rotatable bonds is 29. The number of carbonyl (C=O) groups excluding carboxylic acids is 1. The molecule has 36 nitrogen and oxygen atoms in total. The topological polar surface area (TPSA) is 592 Å². The number of para-hydroxylation sites is 2. The number of anilines is 2. The van der Waals surface area contributed by atoms with Gasteiger partial charge in [-0.1, -0.05) is 195 Å². The molecule has 0 saturated carbocycles. The van der Waals surface area contributed by atoms with Crippen LogP contribution in [0.2, 0.25) is 5.02 Å². The molecule has 0 amide bonds. The summed E-state index contributed by atoms with van der Waals surface area (Å²) in [6, 6.07) is 56.6. The first kappa shape index (κ1) is 116. The molecule has 8 aromatic carbocycles. The first-order chi connectivity index (χ1) is 59.4. The Morgan fingerprint density at radius 1 is 0.628 bits per heavy atom. The highest BCUT2D eigenvalue weighted by atomic mass is 35.5. The van der Waals surface area contributed by atoms with E-state index in [1.807, 2.05) is 97.9 Å². The van der Waals surface area contributed by atoms with Gasteiger partial charge in [0.15, 0.2) is 0 Å². The Morgan fingerprint density at radius 3 is 1.61 bits per heavy atom. The zero-order chi connectivity index (χ0) is 98.0.